The number of hydrogen-bond acceptors (Lipinski definition) is 2. The zero-order valence-electron chi connectivity index (χ0n) is 10.0. The summed E-state index contributed by atoms with van der Waals surface area (Å²) in [4.78, 5) is 4.38. The number of halogens is 3. The Morgan fingerprint density at radius 1 is 1.39 bits per heavy atom. The number of nitrogens with one attached hydrogen (secondary N) is 1. The van der Waals surface area contributed by atoms with Crippen molar-refractivity contribution < 1.29 is 0 Å². The van der Waals surface area contributed by atoms with Gasteiger partial charge in [-0.1, -0.05) is 11.6 Å². The van der Waals surface area contributed by atoms with Crippen molar-refractivity contribution in [3.05, 3.63) is 29.0 Å². The van der Waals surface area contributed by atoms with E-state index in [1.165, 1.54) is 18.5 Å². The van der Waals surface area contributed by atoms with Gasteiger partial charge in [-0.2, -0.15) is 0 Å². The highest BCUT2D eigenvalue weighted by atomic mass is 35.5. The predicted molar refractivity (Wildman–Crippen MR) is 80.2 cm³/mol. The van der Waals surface area contributed by atoms with E-state index in [0.717, 1.165) is 17.6 Å². The molecule has 0 amide bonds. The summed E-state index contributed by atoms with van der Waals surface area (Å²) in [7, 11) is 2.07. The highest BCUT2D eigenvalue weighted by molar-refractivity contribution is 6.31. The zero-order chi connectivity index (χ0) is 11.1. The molecule has 1 aliphatic heterocycles. The Hall–Kier alpha value is -0.480. The van der Waals surface area contributed by atoms with Gasteiger partial charge >= 0.3 is 0 Å². The third-order valence-corrected chi connectivity index (χ3v) is 3.49. The van der Waals surface area contributed by atoms with Crippen LogP contribution in [0.4, 0.5) is 0 Å². The van der Waals surface area contributed by atoms with E-state index in [1.807, 2.05) is 6.07 Å². The third kappa shape index (κ3) is 2.59. The molecule has 18 heavy (non-hydrogen) atoms. The van der Waals surface area contributed by atoms with Crippen molar-refractivity contribution in [2.45, 2.75) is 18.9 Å². The quantitative estimate of drug-likeness (QED) is 0.874. The Balaban J connectivity index is 0.000000810. The van der Waals surface area contributed by atoms with Crippen molar-refractivity contribution in [2.75, 3.05) is 6.54 Å². The molecule has 2 aromatic rings. The molecule has 1 fully saturated rings. The van der Waals surface area contributed by atoms with Gasteiger partial charge in [0.25, 0.3) is 0 Å². The minimum Gasteiger partial charge on any atom is -0.331 e. The second-order valence-electron chi connectivity index (χ2n) is 4.34. The van der Waals surface area contributed by atoms with Crippen LogP contribution < -0.4 is 5.32 Å². The van der Waals surface area contributed by atoms with E-state index in [2.05, 4.69) is 28.0 Å². The van der Waals surface area contributed by atoms with Gasteiger partial charge in [0, 0.05) is 30.4 Å². The highest BCUT2D eigenvalue weighted by Crippen LogP contribution is 2.28. The van der Waals surface area contributed by atoms with Crippen molar-refractivity contribution >= 4 is 47.4 Å². The van der Waals surface area contributed by atoms with Crippen molar-refractivity contribution in [1.82, 2.24) is 14.9 Å². The van der Waals surface area contributed by atoms with E-state index >= 15 is 0 Å². The minimum absolute atomic E-state index is 0. The highest BCUT2D eigenvalue weighted by Gasteiger charge is 2.20. The van der Waals surface area contributed by atoms with Crippen LogP contribution in [0.5, 0.6) is 0 Å². The molecule has 3 heterocycles. The first-order valence-corrected chi connectivity index (χ1v) is 5.98. The van der Waals surface area contributed by atoms with Crippen LogP contribution >= 0.6 is 36.4 Å². The fraction of sp³-hybridized carbons (Fsp3) is 0.417. The molecule has 0 saturated carbocycles. The summed E-state index contributed by atoms with van der Waals surface area (Å²) in [6.45, 7) is 1.11. The van der Waals surface area contributed by atoms with Crippen LogP contribution in [-0.4, -0.2) is 16.1 Å². The largest absolute Gasteiger partial charge is 0.331 e. The van der Waals surface area contributed by atoms with Crippen molar-refractivity contribution in [2.24, 2.45) is 7.05 Å². The Morgan fingerprint density at radius 3 is 2.83 bits per heavy atom. The van der Waals surface area contributed by atoms with Gasteiger partial charge in [-0.15, -0.1) is 24.8 Å². The molecule has 1 aliphatic rings. The summed E-state index contributed by atoms with van der Waals surface area (Å²) in [6, 6.07) is 4.64. The van der Waals surface area contributed by atoms with Gasteiger partial charge in [0.1, 0.15) is 5.65 Å². The monoisotopic (exact) mass is 307 g/mol. The average Bonchev–Trinajstić information content (AvgIpc) is 2.86. The maximum Gasteiger partial charge on any atom is 0.139 e. The van der Waals surface area contributed by atoms with E-state index < -0.39 is 0 Å². The molecule has 3 nitrogen and oxygen atoms in total. The molecule has 0 aliphatic carbocycles. The topological polar surface area (TPSA) is 29.9 Å². The maximum atomic E-state index is 5.95. The Morgan fingerprint density at radius 2 is 2.17 bits per heavy atom. The van der Waals surface area contributed by atoms with Crippen LogP contribution in [0.1, 0.15) is 24.6 Å². The summed E-state index contributed by atoms with van der Waals surface area (Å²) in [5, 5.41) is 5.33. The molecular formula is C12H16Cl3N3. The van der Waals surface area contributed by atoms with Gasteiger partial charge in [-0.25, -0.2) is 4.98 Å². The van der Waals surface area contributed by atoms with Crippen LogP contribution in [0.3, 0.4) is 0 Å². The molecule has 6 heteroatoms. The second kappa shape index (κ2) is 6.11. The molecule has 0 bridgehead atoms. The Kier molecular flexibility index (Phi) is 5.29. The summed E-state index contributed by atoms with van der Waals surface area (Å²) in [5.41, 5.74) is 2.32. The summed E-state index contributed by atoms with van der Waals surface area (Å²) >= 11 is 5.95. The van der Waals surface area contributed by atoms with Gasteiger partial charge in [-0.05, 0) is 31.5 Å². The number of fused-ring (bicyclic) bond motifs is 1. The van der Waals surface area contributed by atoms with Gasteiger partial charge in [0.2, 0.25) is 0 Å². The average molecular weight is 309 g/mol. The van der Waals surface area contributed by atoms with Crippen LogP contribution in [0.25, 0.3) is 11.0 Å². The van der Waals surface area contributed by atoms with Crippen molar-refractivity contribution in [3.8, 4) is 0 Å². The van der Waals surface area contributed by atoms with E-state index in [0.29, 0.717) is 11.1 Å². The SMILES string of the molecule is Cl.Cl.Cn1c(C2CCCN2)cc2cc(Cl)cnc21. The standard InChI is InChI=1S/C12H14ClN3.2ClH/c1-16-11(10-3-2-4-14-10)6-8-5-9(13)7-15-12(8)16;;/h5-7,10,14H,2-4H2,1H3;2*1H. The van der Waals surface area contributed by atoms with Gasteiger partial charge < -0.3 is 9.88 Å². The Bertz CT molecular complexity index is 533. The lowest BCUT2D eigenvalue weighted by atomic mass is 10.1. The first-order chi connectivity index (χ1) is 7.75. The molecule has 1 atom stereocenters. The van der Waals surface area contributed by atoms with Gasteiger partial charge in [-0.3, -0.25) is 0 Å². The molecule has 0 radical (unpaired) electrons. The fourth-order valence-electron chi connectivity index (χ4n) is 2.48. The number of aromatic nitrogens is 2. The number of pyridine rings is 1. The Labute approximate surface area is 124 Å². The molecule has 3 rings (SSSR count). The maximum absolute atomic E-state index is 5.95. The molecular weight excluding hydrogens is 293 g/mol. The molecule has 0 spiro atoms. The summed E-state index contributed by atoms with van der Waals surface area (Å²) in [6.07, 6.45) is 4.16. The number of rotatable bonds is 1. The van der Waals surface area contributed by atoms with E-state index in [1.54, 1.807) is 6.20 Å². The lowest BCUT2D eigenvalue weighted by Crippen LogP contribution is -2.15. The van der Waals surface area contributed by atoms with E-state index in [9.17, 15) is 0 Å². The molecule has 1 N–H and O–H groups in total. The summed E-state index contributed by atoms with van der Waals surface area (Å²) < 4.78 is 2.16. The van der Waals surface area contributed by atoms with Crippen LogP contribution in [-0.2, 0) is 7.05 Å². The van der Waals surface area contributed by atoms with Gasteiger partial charge in [0.05, 0.1) is 5.02 Å². The second-order valence-corrected chi connectivity index (χ2v) is 4.78. The van der Waals surface area contributed by atoms with Crippen molar-refractivity contribution in [1.29, 1.82) is 0 Å². The number of hydrogen-bond donors (Lipinski definition) is 1. The fourth-order valence-corrected chi connectivity index (χ4v) is 2.65. The smallest absolute Gasteiger partial charge is 0.139 e. The van der Waals surface area contributed by atoms with Crippen molar-refractivity contribution in [3.63, 3.8) is 0 Å². The van der Waals surface area contributed by atoms with Crippen LogP contribution in [0.15, 0.2) is 18.3 Å². The predicted octanol–water partition coefficient (Wildman–Crippen LogP) is 3.49. The molecule has 0 aromatic carbocycles. The van der Waals surface area contributed by atoms with Crippen LogP contribution in [0.2, 0.25) is 5.02 Å². The molecule has 2 aromatic heterocycles. The normalized spacial score (nSPS) is 18.4. The minimum atomic E-state index is 0. The lowest BCUT2D eigenvalue weighted by molar-refractivity contribution is 0.603. The summed E-state index contributed by atoms with van der Waals surface area (Å²) in [5.74, 6) is 0. The first-order valence-electron chi connectivity index (χ1n) is 5.60. The molecule has 1 saturated heterocycles. The molecule has 1 unspecified atom stereocenters. The zero-order valence-corrected chi connectivity index (χ0v) is 12.4. The van der Waals surface area contributed by atoms with Gasteiger partial charge in [0.15, 0.2) is 0 Å². The molecule has 100 valence electrons. The number of aryl methyl sites for hydroxylation is 1. The lowest BCUT2D eigenvalue weighted by Gasteiger charge is -2.11. The van der Waals surface area contributed by atoms with E-state index in [-0.39, 0.29) is 24.8 Å². The third-order valence-electron chi connectivity index (χ3n) is 3.29. The van der Waals surface area contributed by atoms with E-state index in [4.69, 9.17) is 11.6 Å². The number of nitrogens with zero attached hydrogens (tertiary/aromatic N) is 2. The first kappa shape index (κ1) is 15.6. The van der Waals surface area contributed by atoms with Crippen LogP contribution in [0, 0.1) is 0 Å².